The van der Waals surface area contributed by atoms with Crippen LogP contribution >= 0.6 is 0 Å². The number of hydrogen-bond acceptors (Lipinski definition) is 4. The number of nitrogens with one attached hydrogen (secondary N) is 1. The van der Waals surface area contributed by atoms with Crippen LogP contribution in [-0.4, -0.2) is 18.7 Å². The molecule has 5 heteroatoms. The molecule has 2 aliphatic heterocycles. The van der Waals surface area contributed by atoms with Crippen LogP contribution in [0.25, 0.3) is 0 Å². The van der Waals surface area contributed by atoms with Crippen molar-refractivity contribution in [3.8, 4) is 11.5 Å². The zero-order valence-corrected chi connectivity index (χ0v) is 16.2. The number of ether oxygens (including phenoxy) is 2. The monoisotopic (exact) mass is 386 g/mol. The molecule has 0 aliphatic carbocycles. The van der Waals surface area contributed by atoms with Gasteiger partial charge < -0.3 is 19.7 Å². The van der Waals surface area contributed by atoms with Crippen molar-refractivity contribution in [2.24, 2.45) is 0 Å². The van der Waals surface area contributed by atoms with E-state index < -0.39 is 0 Å². The third-order valence-corrected chi connectivity index (χ3v) is 5.54. The number of hydrogen-bond donors (Lipinski definition) is 1. The van der Waals surface area contributed by atoms with E-state index in [-0.39, 0.29) is 24.8 Å². The number of benzene rings is 3. The fourth-order valence-electron chi connectivity index (χ4n) is 4.16. The Labute approximate surface area is 169 Å². The Morgan fingerprint density at radius 2 is 1.72 bits per heavy atom. The number of para-hydroxylation sites is 2. The number of nitrogens with zero attached hydrogens (tertiary/aromatic N) is 1. The molecular weight excluding hydrogens is 364 g/mol. The van der Waals surface area contributed by atoms with Crippen molar-refractivity contribution < 1.29 is 14.3 Å². The first-order valence-electron chi connectivity index (χ1n) is 9.84. The Morgan fingerprint density at radius 3 is 2.59 bits per heavy atom. The molecular formula is C24H22N2O3. The Morgan fingerprint density at radius 1 is 0.966 bits per heavy atom. The standard InChI is InChI=1S/C24H22N2O3/c1-16-13-20(25-18-7-3-2-4-8-18)19-9-5-6-10-21(19)26(16)24(27)17-11-12-22-23(14-17)29-15-28-22/h2-12,14,16,20,25H,13,15H2,1H3/t16-,20+/m0/s1. The largest absolute Gasteiger partial charge is 0.454 e. The highest BCUT2D eigenvalue weighted by Crippen LogP contribution is 2.40. The van der Waals surface area contributed by atoms with Crippen LogP contribution in [-0.2, 0) is 0 Å². The van der Waals surface area contributed by atoms with Gasteiger partial charge in [-0.15, -0.1) is 0 Å². The SMILES string of the molecule is C[C@H]1C[C@@H](Nc2ccccc2)c2ccccc2N1C(=O)c1ccc2c(c1)OCO2. The third kappa shape index (κ3) is 3.18. The second-order valence-electron chi connectivity index (χ2n) is 7.45. The first-order valence-corrected chi connectivity index (χ1v) is 9.84. The van der Waals surface area contributed by atoms with Gasteiger partial charge in [0.2, 0.25) is 6.79 Å². The van der Waals surface area contributed by atoms with E-state index in [2.05, 4.69) is 30.4 Å². The Kier molecular flexibility index (Phi) is 4.35. The molecule has 29 heavy (non-hydrogen) atoms. The quantitative estimate of drug-likeness (QED) is 0.688. The molecule has 5 rings (SSSR count). The van der Waals surface area contributed by atoms with Gasteiger partial charge in [-0.1, -0.05) is 36.4 Å². The van der Waals surface area contributed by atoms with E-state index in [0.717, 1.165) is 23.4 Å². The predicted octanol–water partition coefficient (Wildman–Crippen LogP) is 5.01. The maximum absolute atomic E-state index is 13.4. The van der Waals surface area contributed by atoms with Gasteiger partial charge in [0, 0.05) is 23.0 Å². The van der Waals surface area contributed by atoms with Gasteiger partial charge in [-0.25, -0.2) is 0 Å². The van der Waals surface area contributed by atoms with E-state index in [1.165, 1.54) is 0 Å². The lowest BCUT2D eigenvalue weighted by molar-refractivity contribution is 0.0973. The van der Waals surface area contributed by atoms with E-state index in [4.69, 9.17) is 9.47 Å². The van der Waals surface area contributed by atoms with Gasteiger partial charge in [0.1, 0.15) is 0 Å². The molecule has 0 unspecified atom stereocenters. The molecule has 0 saturated carbocycles. The highest BCUT2D eigenvalue weighted by Gasteiger charge is 2.34. The zero-order valence-electron chi connectivity index (χ0n) is 16.2. The molecule has 0 aromatic heterocycles. The normalized spacial score (nSPS) is 19.6. The van der Waals surface area contributed by atoms with Crippen molar-refractivity contribution in [1.82, 2.24) is 0 Å². The summed E-state index contributed by atoms with van der Waals surface area (Å²) in [5.74, 6) is 1.28. The lowest BCUT2D eigenvalue weighted by Gasteiger charge is -2.40. The molecule has 2 atom stereocenters. The summed E-state index contributed by atoms with van der Waals surface area (Å²) in [6.45, 7) is 2.29. The van der Waals surface area contributed by atoms with Gasteiger partial charge in [0.25, 0.3) is 5.91 Å². The van der Waals surface area contributed by atoms with Gasteiger partial charge in [-0.05, 0) is 55.3 Å². The van der Waals surface area contributed by atoms with Crippen LogP contribution in [0.5, 0.6) is 11.5 Å². The van der Waals surface area contributed by atoms with Gasteiger partial charge >= 0.3 is 0 Å². The van der Waals surface area contributed by atoms with Crippen LogP contribution < -0.4 is 19.7 Å². The van der Waals surface area contributed by atoms with Crippen molar-refractivity contribution in [2.75, 3.05) is 17.0 Å². The average Bonchev–Trinajstić information content (AvgIpc) is 3.22. The lowest BCUT2D eigenvalue weighted by atomic mass is 9.90. The van der Waals surface area contributed by atoms with Gasteiger partial charge in [0.15, 0.2) is 11.5 Å². The fourth-order valence-corrected chi connectivity index (χ4v) is 4.16. The summed E-state index contributed by atoms with van der Waals surface area (Å²) in [6.07, 6.45) is 0.822. The highest BCUT2D eigenvalue weighted by atomic mass is 16.7. The second kappa shape index (κ2) is 7.17. The topological polar surface area (TPSA) is 50.8 Å². The zero-order chi connectivity index (χ0) is 19.8. The third-order valence-electron chi connectivity index (χ3n) is 5.54. The summed E-state index contributed by atoms with van der Waals surface area (Å²) in [6, 6.07) is 23.9. The minimum Gasteiger partial charge on any atom is -0.454 e. The number of fused-ring (bicyclic) bond motifs is 2. The maximum atomic E-state index is 13.4. The van der Waals surface area contributed by atoms with Gasteiger partial charge in [0.05, 0.1) is 6.04 Å². The minimum absolute atomic E-state index is 0.0265. The maximum Gasteiger partial charge on any atom is 0.258 e. The minimum atomic E-state index is -0.0265. The summed E-state index contributed by atoms with van der Waals surface area (Å²) < 4.78 is 10.8. The molecule has 3 aromatic rings. The molecule has 0 radical (unpaired) electrons. The van der Waals surface area contributed by atoms with E-state index in [0.29, 0.717) is 17.1 Å². The van der Waals surface area contributed by atoms with Crippen molar-refractivity contribution >= 4 is 17.3 Å². The van der Waals surface area contributed by atoms with E-state index in [1.807, 2.05) is 41.3 Å². The first kappa shape index (κ1) is 17.6. The molecule has 2 heterocycles. The lowest BCUT2D eigenvalue weighted by Crippen LogP contribution is -2.44. The second-order valence-corrected chi connectivity index (χ2v) is 7.45. The predicted molar refractivity (Wildman–Crippen MR) is 113 cm³/mol. The molecule has 1 amide bonds. The molecule has 1 N–H and O–H groups in total. The molecule has 0 bridgehead atoms. The number of carbonyl (C=O) groups is 1. The molecule has 0 saturated heterocycles. The Balaban J connectivity index is 1.48. The molecule has 3 aromatic carbocycles. The van der Waals surface area contributed by atoms with Crippen LogP contribution in [0.15, 0.2) is 72.8 Å². The van der Waals surface area contributed by atoms with Crippen molar-refractivity contribution in [3.63, 3.8) is 0 Å². The summed E-state index contributed by atoms with van der Waals surface area (Å²) >= 11 is 0. The number of carbonyl (C=O) groups excluding carboxylic acids is 1. The summed E-state index contributed by atoms with van der Waals surface area (Å²) in [5, 5.41) is 3.63. The Hall–Kier alpha value is -3.47. The number of rotatable bonds is 3. The fraction of sp³-hybridized carbons (Fsp3) is 0.208. The van der Waals surface area contributed by atoms with Crippen LogP contribution in [0.2, 0.25) is 0 Å². The summed E-state index contributed by atoms with van der Waals surface area (Å²) in [5.41, 5.74) is 3.76. The summed E-state index contributed by atoms with van der Waals surface area (Å²) in [4.78, 5) is 15.3. The highest BCUT2D eigenvalue weighted by molar-refractivity contribution is 6.07. The van der Waals surface area contributed by atoms with Crippen molar-refractivity contribution in [2.45, 2.75) is 25.4 Å². The smallest absolute Gasteiger partial charge is 0.258 e. The Bertz CT molecular complexity index is 1050. The van der Waals surface area contributed by atoms with Crippen molar-refractivity contribution in [1.29, 1.82) is 0 Å². The van der Waals surface area contributed by atoms with Crippen LogP contribution in [0.3, 0.4) is 0 Å². The molecule has 2 aliphatic rings. The molecule has 0 fully saturated rings. The number of amides is 1. The van der Waals surface area contributed by atoms with Crippen LogP contribution in [0, 0.1) is 0 Å². The molecule has 0 spiro atoms. The van der Waals surface area contributed by atoms with E-state index in [9.17, 15) is 4.79 Å². The summed E-state index contributed by atoms with van der Waals surface area (Å²) in [7, 11) is 0. The van der Waals surface area contributed by atoms with E-state index in [1.54, 1.807) is 18.2 Å². The first-order chi connectivity index (χ1) is 14.2. The van der Waals surface area contributed by atoms with Gasteiger partial charge in [-0.2, -0.15) is 0 Å². The number of anilines is 2. The van der Waals surface area contributed by atoms with Crippen molar-refractivity contribution in [3.05, 3.63) is 83.9 Å². The van der Waals surface area contributed by atoms with E-state index >= 15 is 0 Å². The van der Waals surface area contributed by atoms with Gasteiger partial charge in [-0.3, -0.25) is 4.79 Å². The molecule has 146 valence electrons. The van der Waals surface area contributed by atoms with Crippen LogP contribution in [0.4, 0.5) is 11.4 Å². The molecule has 5 nitrogen and oxygen atoms in total. The van der Waals surface area contributed by atoms with Crippen LogP contribution in [0.1, 0.15) is 35.3 Å². The average molecular weight is 386 g/mol.